The van der Waals surface area contributed by atoms with Crippen LogP contribution in [0.2, 0.25) is 0 Å². The van der Waals surface area contributed by atoms with Crippen LogP contribution in [-0.4, -0.2) is 12.3 Å². The summed E-state index contributed by atoms with van der Waals surface area (Å²) in [6.45, 7) is 6.77. The van der Waals surface area contributed by atoms with Gasteiger partial charge >= 0.3 is 0 Å². The predicted molar refractivity (Wildman–Crippen MR) is 70.8 cm³/mol. The van der Waals surface area contributed by atoms with E-state index in [0.717, 1.165) is 5.92 Å². The Kier molecular flexibility index (Phi) is 5.03. The van der Waals surface area contributed by atoms with E-state index in [0.29, 0.717) is 6.04 Å². The highest BCUT2D eigenvalue weighted by Gasteiger charge is 2.06. The van der Waals surface area contributed by atoms with Gasteiger partial charge in [0.05, 0.1) is 0 Å². The maximum Gasteiger partial charge on any atom is 0.0480 e. The number of benzene rings is 1. The van der Waals surface area contributed by atoms with Crippen LogP contribution in [0.15, 0.2) is 29.2 Å². The van der Waals surface area contributed by atoms with Crippen molar-refractivity contribution in [2.45, 2.75) is 38.1 Å². The molecule has 0 aliphatic carbocycles. The quantitative estimate of drug-likeness (QED) is 0.749. The molecule has 0 saturated heterocycles. The first-order chi connectivity index (χ1) is 7.13. The van der Waals surface area contributed by atoms with Gasteiger partial charge in [0, 0.05) is 16.6 Å². The third kappa shape index (κ3) is 4.17. The van der Waals surface area contributed by atoms with Gasteiger partial charge in [0.15, 0.2) is 0 Å². The monoisotopic (exact) mass is 223 g/mol. The van der Waals surface area contributed by atoms with Crippen molar-refractivity contribution in [3.05, 3.63) is 24.3 Å². The second-order valence-electron chi connectivity index (χ2n) is 4.38. The van der Waals surface area contributed by atoms with E-state index in [1.807, 2.05) is 0 Å². The predicted octanol–water partition coefficient (Wildman–Crippen LogP) is 4.26. The molecule has 0 heterocycles. The number of thioether (sulfide) groups is 1. The van der Waals surface area contributed by atoms with Crippen molar-refractivity contribution >= 4 is 17.4 Å². The third-order valence-electron chi connectivity index (χ3n) is 2.33. The van der Waals surface area contributed by atoms with E-state index in [-0.39, 0.29) is 0 Å². The molecule has 0 fully saturated rings. The van der Waals surface area contributed by atoms with E-state index in [4.69, 9.17) is 0 Å². The standard InChI is InChI=1S/C13H21NS/c1-10(2)9-11(3)14-12-7-5-6-8-13(12)15-4/h5-8,10-11,14H,9H2,1-4H3/t11-/m0/s1. The normalized spacial score (nSPS) is 12.9. The van der Waals surface area contributed by atoms with Crippen molar-refractivity contribution < 1.29 is 0 Å². The zero-order valence-electron chi connectivity index (χ0n) is 10.1. The first kappa shape index (κ1) is 12.4. The van der Waals surface area contributed by atoms with Gasteiger partial charge < -0.3 is 5.32 Å². The van der Waals surface area contributed by atoms with E-state index in [2.05, 4.69) is 56.6 Å². The Bertz CT molecular complexity index is 296. The Morgan fingerprint density at radius 2 is 1.87 bits per heavy atom. The zero-order chi connectivity index (χ0) is 11.3. The summed E-state index contributed by atoms with van der Waals surface area (Å²) in [4.78, 5) is 1.33. The van der Waals surface area contributed by atoms with Gasteiger partial charge in [-0.2, -0.15) is 0 Å². The van der Waals surface area contributed by atoms with Crippen molar-refractivity contribution in [2.24, 2.45) is 5.92 Å². The summed E-state index contributed by atoms with van der Waals surface area (Å²) in [5.41, 5.74) is 1.26. The van der Waals surface area contributed by atoms with E-state index < -0.39 is 0 Å². The molecule has 0 unspecified atom stereocenters. The van der Waals surface area contributed by atoms with Crippen LogP contribution < -0.4 is 5.32 Å². The van der Waals surface area contributed by atoms with E-state index in [9.17, 15) is 0 Å². The van der Waals surface area contributed by atoms with Gasteiger partial charge in [-0.3, -0.25) is 0 Å². The number of nitrogens with one attached hydrogen (secondary N) is 1. The maximum atomic E-state index is 3.57. The van der Waals surface area contributed by atoms with Crippen molar-refractivity contribution in [2.75, 3.05) is 11.6 Å². The molecule has 15 heavy (non-hydrogen) atoms. The lowest BCUT2D eigenvalue weighted by Crippen LogP contribution is -2.17. The SMILES string of the molecule is CSc1ccccc1N[C@@H](C)CC(C)C. The summed E-state index contributed by atoms with van der Waals surface area (Å²) in [6.07, 6.45) is 3.33. The minimum atomic E-state index is 0.540. The van der Waals surface area contributed by atoms with Crippen molar-refractivity contribution in [3.63, 3.8) is 0 Å². The largest absolute Gasteiger partial charge is 0.382 e. The van der Waals surface area contributed by atoms with Gasteiger partial charge in [-0.15, -0.1) is 11.8 Å². The van der Waals surface area contributed by atoms with Gasteiger partial charge in [-0.05, 0) is 37.7 Å². The Balaban J connectivity index is 2.63. The van der Waals surface area contributed by atoms with Gasteiger partial charge in [0.1, 0.15) is 0 Å². The smallest absolute Gasteiger partial charge is 0.0480 e. The minimum absolute atomic E-state index is 0.540. The first-order valence-corrected chi connectivity index (χ1v) is 6.75. The third-order valence-corrected chi connectivity index (χ3v) is 3.13. The molecule has 84 valence electrons. The molecule has 1 atom stereocenters. The molecule has 1 rings (SSSR count). The second-order valence-corrected chi connectivity index (χ2v) is 5.22. The van der Waals surface area contributed by atoms with Gasteiger partial charge in [0.25, 0.3) is 0 Å². The van der Waals surface area contributed by atoms with Crippen molar-refractivity contribution in [1.82, 2.24) is 0 Å². The van der Waals surface area contributed by atoms with Crippen LogP contribution in [0, 0.1) is 5.92 Å². The molecule has 1 N–H and O–H groups in total. The summed E-state index contributed by atoms with van der Waals surface area (Å²) in [6, 6.07) is 9.03. The molecule has 0 aliphatic rings. The first-order valence-electron chi connectivity index (χ1n) is 5.53. The molecule has 1 aromatic rings. The summed E-state index contributed by atoms with van der Waals surface area (Å²) in [5.74, 6) is 0.744. The van der Waals surface area contributed by atoms with Crippen LogP contribution in [0.1, 0.15) is 27.2 Å². The fourth-order valence-corrected chi connectivity index (χ4v) is 2.36. The molecular formula is C13H21NS. The van der Waals surface area contributed by atoms with Gasteiger partial charge in [-0.1, -0.05) is 26.0 Å². The lowest BCUT2D eigenvalue weighted by molar-refractivity contribution is 0.539. The lowest BCUT2D eigenvalue weighted by Gasteiger charge is -2.18. The number of para-hydroxylation sites is 1. The lowest BCUT2D eigenvalue weighted by atomic mass is 10.1. The Hall–Kier alpha value is -0.630. The van der Waals surface area contributed by atoms with Crippen LogP contribution in [0.25, 0.3) is 0 Å². The topological polar surface area (TPSA) is 12.0 Å². The fourth-order valence-electron chi connectivity index (χ4n) is 1.80. The molecule has 1 nitrogen and oxygen atoms in total. The van der Waals surface area contributed by atoms with E-state index >= 15 is 0 Å². The molecule has 0 radical (unpaired) electrons. The molecule has 0 amide bonds. The van der Waals surface area contributed by atoms with Crippen molar-refractivity contribution in [3.8, 4) is 0 Å². The summed E-state index contributed by atoms with van der Waals surface area (Å²) >= 11 is 1.79. The number of rotatable bonds is 5. The van der Waals surface area contributed by atoms with Crippen LogP contribution in [0.3, 0.4) is 0 Å². The number of hydrogen-bond acceptors (Lipinski definition) is 2. The molecule has 0 saturated carbocycles. The van der Waals surface area contributed by atoms with E-state index in [1.54, 1.807) is 11.8 Å². The molecule has 0 aliphatic heterocycles. The molecule has 0 aromatic heterocycles. The van der Waals surface area contributed by atoms with Gasteiger partial charge in [-0.25, -0.2) is 0 Å². The average Bonchev–Trinajstić information content (AvgIpc) is 2.17. The Morgan fingerprint density at radius 1 is 1.20 bits per heavy atom. The van der Waals surface area contributed by atoms with Crippen LogP contribution in [0.5, 0.6) is 0 Å². The summed E-state index contributed by atoms with van der Waals surface area (Å²) in [5, 5.41) is 3.57. The molecule has 0 spiro atoms. The van der Waals surface area contributed by atoms with E-state index in [1.165, 1.54) is 17.0 Å². The maximum absolute atomic E-state index is 3.57. The van der Waals surface area contributed by atoms with Crippen LogP contribution >= 0.6 is 11.8 Å². The zero-order valence-corrected chi connectivity index (χ0v) is 10.9. The summed E-state index contributed by atoms with van der Waals surface area (Å²) < 4.78 is 0. The fraction of sp³-hybridized carbons (Fsp3) is 0.538. The minimum Gasteiger partial charge on any atom is -0.382 e. The highest BCUT2D eigenvalue weighted by atomic mass is 32.2. The average molecular weight is 223 g/mol. The second kappa shape index (κ2) is 6.06. The summed E-state index contributed by atoms with van der Waals surface area (Å²) in [7, 11) is 0. The highest BCUT2D eigenvalue weighted by Crippen LogP contribution is 2.25. The molecule has 1 aromatic carbocycles. The molecular weight excluding hydrogens is 202 g/mol. The van der Waals surface area contributed by atoms with Crippen molar-refractivity contribution in [1.29, 1.82) is 0 Å². The highest BCUT2D eigenvalue weighted by molar-refractivity contribution is 7.98. The number of anilines is 1. The number of hydrogen-bond donors (Lipinski definition) is 1. The molecule has 0 bridgehead atoms. The Labute approximate surface area is 97.7 Å². The molecule has 2 heteroatoms. The van der Waals surface area contributed by atoms with Gasteiger partial charge in [0.2, 0.25) is 0 Å². The van der Waals surface area contributed by atoms with Crippen LogP contribution in [0.4, 0.5) is 5.69 Å². The Morgan fingerprint density at radius 3 is 2.47 bits per heavy atom. The van der Waals surface area contributed by atoms with Crippen LogP contribution in [-0.2, 0) is 0 Å².